The van der Waals surface area contributed by atoms with Gasteiger partial charge in [-0.25, -0.2) is 0 Å². The van der Waals surface area contributed by atoms with Gasteiger partial charge >= 0.3 is 0 Å². The van der Waals surface area contributed by atoms with Gasteiger partial charge in [-0.2, -0.15) is 0 Å². The molecule has 3 nitrogen and oxygen atoms in total. The Balaban J connectivity index is 2.26. The van der Waals surface area contributed by atoms with E-state index in [4.69, 9.17) is 9.47 Å². The summed E-state index contributed by atoms with van der Waals surface area (Å²) in [6.45, 7) is 12.6. The van der Waals surface area contributed by atoms with Crippen LogP contribution in [-0.4, -0.2) is 32.9 Å². The Hall–Kier alpha value is -1.06. The molecule has 3 heteroatoms. The molecular weight excluding hydrogens is 238 g/mol. The summed E-state index contributed by atoms with van der Waals surface area (Å²) >= 11 is 0. The van der Waals surface area contributed by atoms with Crippen LogP contribution in [0.4, 0.5) is 0 Å². The number of rotatable bonds is 8. The fourth-order valence-electron chi connectivity index (χ4n) is 1.71. The maximum absolute atomic E-state index is 5.75. The van der Waals surface area contributed by atoms with Gasteiger partial charge in [0.15, 0.2) is 0 Å². The minimum atomic E-state index is 0.162. The molecule has 0 heterocycles. The van der Waals surface area contributed by atoms with Gasteiger partial charge in [0.1, 0.15) is 12.4 Å². The molecule has 0 fully saturated rings. The highest BCUT2D eigenvalue weighted by molar-refractivity contribution is 5.32. The van der Waals surface area contributed by atoms with E-state index in [1.54, 1.807) is 0 Å². The van der Waals surface area contributed by atoms with Gasteiger partial charge in [0, 0.05) is 19.7 Å². The predicted molar refractivity (Wildman–Crippen MR) is 80.0 cm³/mol. The zero-order valence-electron chi connectivity index (χ0n) is 12.7. The minimum Gasteiger partial charge on any atom is -0.492 e. The largest absolute Gasteiger partial charge is 0.492 e. The lowest BCUT2D eigenvalue weighted by Crippen LogP contribution is -2.25. The van der Waals surface area contributed by atoms with E-state index in [-0.39, 0.29) is 5.41 Å². The summed E-state index contributed by atoms with van der Waals surface area (Å²) in [6, 6.07) is 8.33. The van der Waals surface area contributed by atoms with Crippen molar-refractivity contribution in [1.82, 2.24) is 5.32 Å². The van der Waals surface area contributed by atoms with Crippen LogP contribution in [0.5, 0.6) is 5.75 Å². The highest BCUT2D eigenvalue weighted by Crippen LogP contribution is 2.25. The van der Waals surface area contributed by atoms with Crippen molar-refractivity contribution < 1.29 is 9.47 Å². The average molecular weight is 265 g/mol. The molecule has 0 radical (unpaired) electrons. The maximum atomic E-state index is 5.75. The zero-order valence-corrected chi connectivity index (χ0v) is 12.7. The van der Waals surface area contributed by atoms with E-state index in [1.165, 1.54) is 5.56 Å². The first-order valence-electron chi connectivity index (χ1n) is 7.06. The van der Waals surface area contributed by atoms with Gasteiger partial charge < -0.3 is 14.8 Å². The van der Waals surface area contributed by atoms with Crippen molar-refractivity contribution in [3.05, 3.63) is 29.8 Å². The van der Waals surface area contributed by atoms with Crippen molar-refractivity contribution >= 4 is 0 Å². The second-order valence-electron chi connectivity index (χ2n) is 5.57. The molecule has 1 N–H and O–H groups in total. The van der Waals surface area contributed by atoms with Crippen molar-refractivity contribution in [3.63, 3.8) is 0 Å². The second-order valence-corrected chi connectivity index (χ2v) is 5.57. The molecule has 0 spiro atoms. The SMILES string of the molecule is CCOCCNCCOc1cccc(C(C)(C)C)c1. The van der Waals surface area contributed by atoms with Crippen LogP contribution in [0.15, 0.2) is 24.3 Å². The van der Waals surface area contributed by atoms with Gasteiger partial charge in [-0.3, -0.25) is 0 Å². The Bertz CT molecular complexity index is 358. The Kier molecular flexibility index (Phi) is 6.89. The first-order chi connectivity index (χ1) is 9.04. The smallest absolute Gasteiger partial charge is 0.119 e. The molecule has 0 aliphatic heterocycles. The molecule has 1 rings (SSSR count). The van der Waals surface area contributed by atoms with Crippen LogP contribution in [0.1, 0.15) is 33.3 Å². The summed E-state index contributed by atoms with van der Waals surface area (Å²) in [7, 11) is 0. The molecule has 0 aromatic heterocycles. The summed E-state index contributed by atoms with van der Waals surface area (Å²) in [5.41, 5.74) is 1.46. The molecule has 0 saturated heterocycles. The molecule has 108 valence electrons. The van der Waals surface area contributed by atoms with E-state index in [0.29, 0.717) is 6.61 Å². The maximum Gasteiger partial charge on any atom is 0.119 e. The normalized spacial score (nSPS) is 11.6. The third kappa shape index (κ3) is 6.60. The Morgan fingerprint density at radius 1 is 1.11 bits per heavy atom. The fourth-order valence-corrected chi connectivity index (χ4v) is 1.71. The number of ether oxygens (including phenoxy) is 2. The van der Waals surface area contributed by atoms with Gasteiger partial charge in [0.2, 0.25) is 0 Å². The lowest BCUT2D eigenvalue weighted by atomic mass is 9.87. The van der Waals surface area contributed by atoms with E-state index in [2.05, 4.69) is 44.3 Å². The van der Waals surface area contributed by atoms with Crippen molar-refractivity contribution in [3.8, 4) is 5.75 Å². The van der Waals surface area contributed by atoms with Crippen LogP contribution in [0.2, 0.25) is 0 Å². The van der Waals surface area contributed by atoms with Crippen molar-refractivity contribution in [1.29, 1.82) is 0 Å². The van der Waals surface area contributed by atoms with Gasteiger partial charge in [0.05, 0.1) is 6.61 Å². The van der Waals surface area contributed by atoms with E-state index < -0.39 is 0 Å². The fraction of sp³-hybridized carbons (Fsp3) is 0.625. The van der Waals surface area contributed by atoms with E-state index in [1.807, 2.05) is 13.0 Å². The van der Waals surface area contributed by atoms with E-state index in [0.717, 1.165) is 32.1 Å². The highest BCUT2D eigenvalue weighted by Gasteiger charge is 2.13. The summed E-state index contributed by atoms with van der Waals surface area (Å²) in [4.78, 5) is 0. The number of benzene rings is 1. The molecule has 1 aromatic rings. The van der Waals surface area contributed by atoms with Crippen LogP contribution < -0.4 is 10.1 Å². The Morgan fingerprint density at radius 3 is 2.53 bits per heavy atom. The molecule has 0 aliphatic carbocycles. The molecule has 19 heavy (non-hydrogen) atoms. The molecule has 0 aliphatic rings. The van der Waals surface area contributed by atoms with Crippen LogP contribution in [0, 0.1) is 0 Å². The lowest BCUT2D eigenvalue weighted by molar-refractivity contribution is 0.148. The van der Waals surface area contributed by atoms with Crippen LogP contribution >= 0.6 is 0 Å². The molecular formula is C16H27NO2. The number of hydrogen-bond acceptors (Lipinski definition) is 3. The Morgan fingerprint density at radius 2 is 1.84 bits per heavy atom. The van der Waals surface area contributed by atoms with Gasteiger partial charge in [-0.1, -0.05) is 32.9 Å². The van der Waals surface area contributed by atoms with E-state index >= 15 is 0 Å². The summed E-state index contributed by atoms with van der Waals surface area (Å²) < 4.78 is 11.0. The van der Waals surface area contributed by atoms with Gasteiger partial charge in [-0.05, 0) is 30.0 Å². The van der Waals surface area contributed by atoms with Crippen LogP contribution in [-0.2, 0) is 10.2 Å². The van der Waals surface area contributed by atoms with Crippen LogP contribution in [0.25, 0.3) is 0 Å². The first-order valence-corrected chi connectivity index (χ1v) is 7.06. The van der Waals surface area contributed by atoms with Gasteiger partial charge in [0.25, 0.3) is 0 Å². The number of hydrogen-bond donors (Lipinski definition) is 1. The Labute approximate surface area is 117 Å². The molecule has 0 amide bonds. The topological polar surface area (TPSA) is 30.5 Å². The lowest BCUT2D eigenvalue weighted by Gasteiger charge is -2.19. The van der Waals surface area contributed by atoms with E-state index in [9.17, 15) is 0 Å². The quantitative estimate of drug-likeness (QED) is 0.733. The molecule has 0 saturated carbocycles. The second kappa shape index (κ2) is 8.18. The average Bonchev–Trinajstić information content (AvgIpc) is 2.37. The standard InChI is InChI=1S/C16H27NO2/c1-5-18-11-9-17-10-12-19-15-8-6-7-14(13-15)16(2,3)4/h6-8,13,17H,5,9-12H2,1-4H3. The summed E-state index contributed by atoms with van der Waals surface area (Å²) in [6.07, 6.45) is 0. The van der Waals surface area contributed by atoms with Crippen molar-refractivity contribution in [2.24, 2.45) is 0 Å². The monoisotopic (exact) mass is 265 g/mol. The third-order valence-corrected chi connectivity index (χ3v) is 2.87. The first kappa shape index (κ1) is 16.0. The molecule has 0 bridgehead atoms. The third-order valence-electron chi connectivity index (χ3n) is 2.87. The van der Waals surface area contributed by atoms with Gasteiger partial charge in [-0.15, -0.1) is 0 Å². The molecule has 0 unspecified atom stereocenters. The highest BCUT2D eigenvalue weighted by atomic mass is 16.5. The van der Waals surface area contributed by atoms with Crippen LogP contribution in [0.3, 0.4) is 0 Å². The zero-order chi connectivity index (χ0) is 14.1. The van der Waals surface area contributed by atoms with Crippen molar-refractivity contribution in [2.45, 2.75) is 33.1 Å². The predicted octanol–water partition coefficient (Wildman–Crippen LogP) is 2.99. The number of nitrogens with one attached hydrogen (secondary N) is 1. The van der Waals surface area contributed by atoms with Crippen molar-refractivity contribution in [2.75, 3.05) is 32.9 Å². The summed E-state index contributed by atoms with van der Waals surface area (Å²) in [5, 5.41) is 3.29. The molecule has 0 atom stereocenters. The molecule has 1 aromatic carbocycles. The minimum absolute atomic E-state index is 0.162. The summed E-state index contributed by atoms with van der Waals surface area (Å²) in [5.74, 6) is 0.944.